The van der Waals surface area contributed by atoms with Gasteiger partial charge in [0.05, 0.1) is 0 Å². The summed E-state index contributed by atoms with van der Waals surface area (Å²) in [5.41, 5.74) is 6.31. The third kappa shape index (κ3) is 2.50. The highest BCUT2D eigenvalue weighted by Gasteiger charge is 2.09. The van der Waals surface area contributed by atoms with Crippen LogP contribution in [0.4, 0.5) is 5.95 Å². The number of anilines is 1. The standard InChI is InChI=1S/C9H5Br2ClN4/c10-4-1-2-6(11)5(3-4)7-14-8(12)16-9(13)15-7/h1-3H,(H2,13,14,15,16). The third-order valence-corrected chi connectivity index (χ3v) is 3.15. The van der Waals surface area contributed by atoms with Crippen LogP contribution < -0.4 is 5.73 Å². The molecule has 0 aliphatic carbocycles. The summed E-state index contributed by atoms with van der Waals surface area (Å²) in [6.07, 6.45) is 0. The molecule has 1 heterocycles. The molecule has 82 valence electrons. The monoisotopic (exact) mass is 362 g/mol. The van der Waals surface area contributed by atoms with Crippen molar-refractivity contribution in [1.82, 2.24) is 15.0 Å². The number of halogens is 3. The van der Waals surface area contributed by atoms with Crippen LogP contribution in [0, 0.1) is 0 Å². The second-order valence-electron chi connectivity index (χ2n) is 2.91. The van der Waals surface area contributed by atoms with Crippen molar-refractivity contribution in [1.29, 1.82) is 0 Å². The van der Waals surface area contributed by atoms with Crippen molar-refractivity contribution >= 4 is 49.4 Å². The molecule has 0 atom stereocenters. The quantitative estimate of drug-likeness (QED) is 0.843. The molecule has 2 aromatic rings. The Hall–Kier alpha value is -0.720. The van der Waals surface area contributed by atoms with Gasteiger partial charge >= 0.3 is 0 Å². The Morgan fingerprint density at radius 2 is 1.88 bits per heavy atom. The lowest BCUT2D eigenvalue weighted by Crippen LogP contribution is -2.00. The van der Waals surface area contributed by atoms with Gasteiger partial charge in [0, 0.05) is 14.5 Å². The molecular weight excluding hydrogens is 359 g/mol. The van der Waals surface area contributed by atoms with E-state index in [1.165, 1.54) is 0 Å². The van der Waals surface area contributed by atoms with E-state index in [1.807, 2.05) is 18.2 Å². The van der Waals surface area contributed by atoms with Gasteiger partial charge in [-0.3, -0.25) is 0 Å². The van der Waals surface area contributed by atoms with Gasteiger partial charge in [0.2, 0.25) is 11.2 Å². The Bertz CT molecular complexity index is 527. The van der Waals surface area contributed by atoms with Crippen molar-refractivity contribution in [3.63, 3.8) is 0 Å². The lowest BCUT2D eigenvalue weighted by molar-refractivity contribution is 1.07. The zero-order chi connectivity index (χ0) is 11.7. The summed E-state index contributed by atoms with van der Waals surface area (Å²) in [7, 11) is 0. The lowest BCUT2D eigenvalue weighted by atomic mass is 10.2. The Kier molecular flexibility index (Phi) is 3.41. The first-order valence-corrected chi connectivity index (χ1v) is 6.15. The SMILES string of the molecule is Nc1nc(Cl)nc(-c2cc(Br)ccc2Br)n1. The van der Waals surface area contributed by atoms with Crippen LogP contribution in [-0.4, -0.2) is 15.0 Å². The van der Waals surface area contributed by atoms with E-state index in [9.17, 15) is 0 Å². The highest BCUT2D eigenvalue weighted by molar-refractivity contribution is 9.11. The molecule has 0 unspecified atom stereocenters. The lowest BCUT2D eigenvalue weighted by Gasteiger charge is -2.04. The van der Waals surface area contributed by atoms with E-state index in [2.05, 4.69) is 46.8 Å². The Morgan fingerprint density at radius 3 is 2.56 bits per heavy atom. The molecule has 0 bridgehead atoms. The van der Waals surface area contributed by atoms with Gasteiger partial charge < -0.3 is 5.73 Å². The number of nitrogen functional groups attached to an aromatic ring is 1. The van der Waals surface area contributed by atoms with E-state index in [-0.39, 0.29) is 11.2 Å². The number of nitrogens with zero attached hydrogens (tertiary/aromatic N) is 3. The minimum Gasteiger partial charge on any atom is -0.368 e. The largest absolute Gasteiger partial charge is 0.368 e. The fourth-order valence-electron chi connectivity index (χ4n) is 1.15. The molecule has 0 amide bonds. The Balaban J connectivity index is 2.62. The predicted molar refractivity (Wildman–Crippen MR) is 70.1 cm³/mol. The van der Waals surface area contributed by atoms with Crippen molar-refractivity contribution in [3.05, 3.63) is 32.4 Å². The average Bonchev–Trinajstić information content (AvgIpc) is 2.20. The van der Waals surface area contributed by atoms with E-state index in [4.69, 9.17) is 17.3 Å². The molecule has 0 spiro atoms. The van der Waals surface area contributed by atoms with Crippen LogP contribution in [0.2, 0.25) is 5.28 Å². The third-order valence-electron chi connectivity index (χ3n) is 1.79. The van der Waals surface area contributed by atoms with Gasteiger partial charge in [0.1, 0.15) is 0 Å². The zero-order valence-electron chi connectivity index (χ0n) is 7.78. The van der Waals surface area contributed by atoms with Crippen LogP contribution in [0.25, 0.3) is 11.4 Å². The molecule has 16 heavy (non-hydrogen) atoms. The van der Waals surface area contributed by atoms with Gasteiger partial charge in [-0.2, -0.15) is 15.0 Å². The van der Waals surface area contributed by atoms with Crippen molar-refractivity contribution in [2.24, 2.45) is 0 Å². The normalized spacial score (nSPS) is 10.4. The maximum absolute atomic E-state index is 5.72. The molecule has 0 fully saturated rings. The fourth-order valence-corrected chi connectivity index (χ4v) is 2.11. The van der Waals surface area contributed by atoms with Crippen LogP contribution >= 0.6 is 43.5 Å². The summed E-state index contributed by atoms with van der Waals surface area (Å²) >= 11 is 12.5. The van der Waals surface area contributed by atoms with Gasteiger partial charge in [0.15, 0.2) is 5.82 Å². The molecule has 1 aromatic carbocycles. The molecule has 2 N–H and O–H groups in total. The maximum Gasteiger partial charge on any atom is 0.227 e. The Labute approximate surface area is 114 Å². The van der Waals surface area contributed by atoms with Crippen molar-refractivity contribution in [3.8, 4) is 11.4 Å². The van der Waals surface area contributed by atoms with Gasteiger partial charge in [-0.05, 0) is 29.8 Å². The highest BCUT2D eigenvalue weighted by Crippen LogP contribution is 2.29. The average molecular weight is 364 g/mol. The molecule has 1 aromatic heterocycles. The molecule has 0 aliphatic rings. The first kappa shape index (κ1) is 11.8. The van der Waals surface area contributed by atoms with E-state index in [0.717, 1.165) is 14.5 Å². The second kappa shape index (κ2) is 4.65. The summed E-state index contributed by atoms with van der Waals surface area (Å²) in [6.45, 7) is 0. The molecular formula is C9H5Br2ClN4. The van der Waals surface area contributed by atoms with E-state index >= 15 is 0 Å². The van der Waals surface area contributed by atoms with Gasteiger partial charge in [0.25, 0.3) is 0 Å². The molecule has 0 saturated carbocycles. The first-order chi connectivity index (χ1) is 7.56. The van der Waals surface area contributed by atoms with Crippen LogP contribution in [0.1, 0.15) is 0 Å². The number of aromatic nitrogens is 3. The minimum atomic E-state index is 0.0781. The smallest absolute Gasteiger partial charge is 0.227 e. The number of hydrogen-bond donors (Lipinski definition) is 1. The van der Waals surface area contributed by atoms with E-state index in [1.54, 1.807) is 0 Å². The van der Waals surface area contributed by atoms with E-state index < -0.39 is 0 Å². The number of nitrogens with two attached hydrogens (primary N) is 1. The first-order valence-electron chi connectivity index (χ1n) is 4.19. The van der Waals surface area contributed by atoms with Crippen LogP contribution in [-0.2, 0) is 0 Å². The predicted octanol–water partition coefficient (Wildman–Crippen LogP) is 3.30. The number of benzene rings is 1. The van der Waals surface area contributed by atoms with Crippen LogP contribution in [0.3, 0.4) is 0 Å². The highest BCUT2D eigenvalue weighted by atomic mass is 79.9. The molecule has 7 heteroatoms. The van der Waals surface area contributed by atoms with Crippen molar-refractivity contribution in [2.75, 3.05) is 5.73 Å². The van der Waals surface area contributed by atoms with E-state index in [0.29, 0.717) is 5.82 Å². The van der Waals surface area contributed by atoms with Crippen molar-refractivity contribution < 1.29 is 0 Å². The minimum absolute atomic E-state index is 0.0781. The molecule has 2 rings (SSSR count). The number of rotatable bonds is 1. The topological polar surface area (TPSA) is 64.7 Å². The Morgan fingerprint density at radius 1 is 1.12 bits per heavy atom. The molecule has 0 aliphatic heterocycles. The zero-order valence-corrected chi connectivity index (χ0v) is 11.7. The van der Waals surface area contributed by atoms with Gasteiger partial charge in [-0.15, -0.1) is 0 Å². The molecule has 0 radical (unpaired) electrons. The number of hydrogen-bond acceptors (Lipinski definition) is 4. The maximum atomic E-state index is 5.72. The fraction of sp³-hybridized carbons (Fsp3) is 0. The summed E-state index contributed by atoms with van der Waals surface area (Å²) in [5, 5.41) is 0.0781. The van der Waals surface area contributed by atoms with Gasteiger partial charge in [-0.1, -0.05) is 31.9 Å². The van der Waals surface area contributed by atoms with Crippen LogP contribution in [0.5, 0.6) is 0 Å². The summed E-state index contributed by atoms with van der Waals surface area (Å²) in [4.78, 5) is 11.8. The second-order valence-corrected chi connectivity index (χ2v) is 5.02. The van der Waals surface area contributed by atoms with Crippen molar-refractivity contribution in [2.45, 2.75) is 0 Å². The summed E-state index contributed by atoms with van der Waals surface area (Å²) in [6, 6.07) is 5.65. The van der Waals surface area contributed by atoms with Gasteiger partial charge in [-0.25, -0.2) is 0 Å². The molecule has 0 saturated heterocycles. The summed E-state index contributed by atoms with van der Waals surface area (Å²) < 4.78 is 1.78. The summed E-state index contributed by atoms with van der Waals surface area (Å²) in [5.74, 6) is 0.535. The molecule has 4 nitrogen and oxygen atoms in total. The van der Waals surface area contributed by atoms with Crippen LogP contribution in [0.15, 0.2) is 27.1 Å².